The van der Waals surface area contributed by atoms with Gasteiger partial charge in [-0.05, 0) is 45.4 Å². The molecule has 0 aromatic heterocycles. The first-order chi connectivity index (χ1) is 7.25. The molecule has 0 spiro atoms. The van der Waals surface area contributed by atoms with Crippen molar-refractivity contribution in [3.63, 3.8) is 0 Å². The van der Waals surface area contributed by atoms with Crippen LogP contribution in [-0.4, -0.2) is 27.2 Å². The molecular weight excluding hydrogens is 204 g/mol. The maximum Gasteiger partial charge on any atom is 0.408 e. The van der Waals surface area contributed by atoms with Crippen LogP contribution in [-0.2, 0) is 0 Å². The number of hydrogen-bond donors (Lipinski definition) is 1. The highest BCUT2D eigenvalue weighted by molar-refractivity contribution is 5.68. The van der Waals surface area contributed by atoms with Crippen molar-refractivity contribution in [2.75, 3.05) is 0 Å². The quantitative estimate of drug-likeness (QED) is 0.781. The van der Waals surface area contributed by atoms with Gasteiger partial charge in [0.1, 0.15) is 0 Å². The van der Waals surface area contributed by atoms with E-state index in [-0.39, 0.29) is 16.5 Å². The van der Waals surface area contributed by atoms with Gasteiger partial charge in [0, 0.05) is 17.5 Å². The van der Waals surface area contributed by atoms with E-state index in [0.29, 0.717) is 6.42 Å². The fraction of sp³-hybridized carbons (Fsp3) is 0.833. The monoisotopic (exact) mass is 222 g/mol. The molecule has 3 aliphatic carbocycles. The lowest BCUT2D eigenvalue weighted by molar-refractivity contribution is -0.223. The second kappa shape index (κ2) is 2.91. The van der Waals surface area contributed by atoms with Crippen LogP contribution < -0.4 is 0 Å². The van der Waals surface area contributed by atoms with Crippen LogP contribution in [0.5, 0.6) is 0 Å². The summed E-state index contributed by atoms with van der Waals surface area (Å²) in [5, 5.41) is 18.0. The van der Waals surface area contributed by atoms with Crippen LogP contribution in [0.3, 0.4) is 0 Å². The van der Waals surface area contributed by atoms with Crippen LogP contribution in [0.2, 0.25) is 0 Å². The zero-order valence-electron chi connectivity index (χ0n) is 10.1. The Labute approximate surface area is 95.9 Å². The highest BCUT2D eigenvalue weighted by Gasteiger charge is 2.72. The Morgan fingerprint density at radius 1 is 1.44 bits per heavy atom. The smallest absolute Gasteiger partial charge is 0.408 e. The summed E-state index contributed by atoms with van der Waals surface area (Å²) in [5.74, 6) is 0. The number of nitrogens with zero attached hydrogens (tertiary/aromatic N) is 2. The van der Waals surface area contributed by atoms with Crippen molar-refractivity contribution in [3.05, 3.63) is 0 Å². The van der Waals surface area contributed by atoms with Gasteiger partial charge in [-0.1, -0.05) is 0 Å². The van der Waals surface area contributed by atoms with E-state index >= 15 is 0 Å². The first-order valence-electron chi connectivity index (χ1n) is 5.65. The van der Waals surface area contributed by atoms with E-state index in [1.165, 1.54) is 0 Å². The van der Waals surface area contributed by atoms with Gasteiger partial charge in [0.15, 0.2) is 0 Å². The second-order valence-corrected chi connectivity index (χ2v) is 6.38. The largest absolute Gasteiger partial charge is 0.465 e. The van der Waals surface area contributed by atoms with Crippen molar-refractivity contribution < 1.29 is 9.90 Å². The van der Waals surface area contributed by atoms with E-state index in [1.54, 1.807) is 4.90 Å². The van der Waals surface area contributed by atoms with Gasteiger partial charge in [-0.3, -0.25) is 4.90 Å². The fourth-order valence-electron chi connectivity index (χ4n) is 3.73. The third-order valence-electron chi connectivity index (χ3n) is 3.90. The fourth-order valence-corrected chi connectivity index (χ4v) is 3.73. The molecule has 0 heterocycles. The van der Waals surface area contributed by atoms with Crippen LogP contribution in [0.15, 0.2) is 0 Å². The van der Waals surface area contributed by atoms with E-state index in [4.69, 9.17) is 5.26 Å². The van der Waals surface area contributed by atoms with Crippen molar-refractivity contribution in [1.82, 2.24) is 4.90 Å². The molecule has 0 unspecified atom stereocenters. The van der Waals surface area contributed by atoms with Gasteiger partial charge in [-0.25, -0.2) is 4.79 Å². The number of carboxylic acid groups (broad SMARTS) is 1. The van der Waals surface area contributed by atoms with Crippen LogP contribution >= 0.6 is 0 Å². The van der Waals surface area contributed by atoms with E-state index < -0.39 is 6.09 Å². The van der Waals surface area contributed by atoms with Crippen molar-refractivity contribution in [1.29, 1.82) is 5.26 Å². The Morgan fingerprint density at radius 3 is 2.25 bits per heavy atom. The van der Waals surface area contributed by atoms with Crippen molar-refractivity contribution in [2.45, 2.75) is 57.5 Å². The second-order valence-electron chi connectivity index (χ2n) is 6.38. The third-order valence-corrected chi connectivity index (χ3v) is 3.90. The minimum Gasteiger partial charge on any atom is -0.465 e. The highest BCUT2D eigenvalue weighted by Crippen LogP contribution is 2.72. The summed E-state index contributed by atoms with van der Waals surface area (Å²) in [5.41, 5.74) is -0.375. The molecule has 0 aromatic rings. The van der Waals surface area contributed by atoms with Crippen molar-refractivity contribution in [3.8, 4) is 6.07 Å². The van der Waals surface area contributed by atoms with Crippen LogP contribution in [0, 0.1) is 16.7 Å². The Hall–Kier alpha value is -1.24. The summed E-state index contributed by atoms with van der Waals surface area (Å²) in [7, 11) is 0. The molecule has 3 fully saturated rings. The molecule has 4 nitrogen and oxygen atoms in total. The molecule has 0 aromatic carbocycles. The number of amides is 1. The number of nitriles is 1. The Kier molecular flexibility index (Phi) is 2.04. The summed E-state index contributed by atoms with van der Waals surface area (Å²) < 4.78 is 0. The predicted molar refractivity (Wildman–Crippen MR) is 58.9 cm³/mol. The minimum absolute atomic E-state index is 0.147. The first-order valence-corrected chi connectivity index (χ1v) is 5.65. The molecule has 1 N–H and O–H groups in total. The topological polar surface area (TPSA) is 64.3 Å². The SMILES string of the molecule is CC(C)(C)N(C(=O)O)C12CC(CC#N)(C1)C2. The average molecular weight is 222 g/mol. The molecule has 1 amide bonds. The van der Waals surface area contributed by atoms with Gasteiger partial charge in [0.25, 0.3) is 0 Å². The molecule has 3 rings (SSSR count). The Bertz CT molecular complexity index is 356. The summed E-state index contributed by atoms with van der Waals surface area (Å²) in [6, 6.07) is 2.21. The van der Waals surface area contributed by atoms with E-state index in [9.17, 15) is 9.90 Å². The molecule has 4 heteroatoms. The average Bonchev–Trinajstić information content (AvgIpc) is 1.94. The van der Waals surface area contributed by atoms with Crippen molar-refractivity contribution >= 4 is 6.09 Å². The third kappa shape index (κ3) is 1.31. The molecule has 3 saturated carbocycles. The maximum absolute atomic E-state index is 11.3. The zero-order valence-corrected chi connectivity index (χ0v) is 10.1. The summed E-state index contributed by atoms with van der Waals surface area (Å²) >= 11 is 0. The van der Waals surface area contributed by atoms with Gasteiger partial charge in [0.2, 0.25) is 0 Å². The number of rotatable bonds is 2. The van der Waals surface area contributed by atoms with Gasteiger partial charge in [-0.2, -0.15) is 5.26 Å². The molecule has 0 aliphatic heterocycles. The van der Waals surface area contributed by atoms with Gasteiger partial charge < -0.3 is 5.11 Å². The summed E-state index contributed by atoms with van der Waals surface area (Å²) in [6.07, 6.45) is 2.36. The first kappa shape index (κ1) is 11.3. The van der Waals surface area contributed by atoms with E-state index in [0.717, 1.165) is 19.3 Å². The lowest BCUT2D eigenvalue weighted by Crippen LogP contribution is -2.78. The summed E-state index contributed by atoms with van der Waals surface area (Å²) in [4.78, 5) is 12.9. The molecule has 16 heavy (non-hydrogen) atoms. The molecule has 2 bridgehead atoms. The predicted octanol–water partition coefficient (Wildman–Crippen LogP) is 2.60. The zero-order chi connectivity index (χ0) is 12.2. The van der Waals surface area contributed by atoms with Gasteiger partial charge in [-0.15, -0.1) is 0 Å². The standard InChI is InChI=1S/C12H18N2O2/c1-10(2,3)14(9(15)16)12-6-11(7-12,8-12)4-5-13/h4,6-8H2,1-3H3,(H,15,16). The molecule has 88 valence electrons. The van der Waals surface area contributed by atoms with E-state index in [1.807, 2.05) is 20.8 Å². The summed E-state index contributed by atoms with van der Waals surface area (Å²) in [6.45, 7) is 5.79. The normalized spacial score (nSPS) is 35.6. The van der Waals surface area contributed by atoms with Gasteiger partial charge >= 0.3 is 6.09 Å². The molecular formula is C12H18N2O2. The molecule has 0 saturated heterocycles. The lowest BCUT2D eigenvalue weighted by atomic mass is 9.37. The maximum atomic E-state index is 11.3. The van der Waals surface area contributed by atoms with Crippen LogP contribution in [0.4, 0.5) is 4.79 Å². The highest BCUT2D eigenvalue weighted by atomic mass is 16.4. The Morgan fingerprint density at radius 2 is 1.94 bits per heavy atom. The minimum atomic E-state index is -0.835. The number of hydrogen-bond acceptors (Lipinski definition) is 2. The molecule has 0 radical (unpaired) electrons. The van der Waals surface area contributed by atoms with Gasteiger partial charge in [0.05, 0.1) is 6.07 Å². The van der Waals surface area contributed by atoms with E-state index in [2.05, 4.69) is 6.07 Å². The van der Waals surface area contributed by atoms with Crippen LogP contribution in [0.1, 0.15) is 46.5 Å². The van der Waals surface area contributed by atoms with Crippen LogP contribution in [0.25, 0.3) is 0 Å². The van der Waals surface area contributed by atoms with Crippen molar-refractivity contribution in [2.24, 2.45) is 5.41 Å². The molecule has 0 atom stereocenters. The molecule has 3 aliphatic rings. The Balaban J connectivity index is 2.11. The lowest BCUT2D eigenvalue weighted by Gasteiger charge is -2.74. The number of carbonyl (C=O) groups is 1.